The summed E-state index contributed by atoms with van der Waals surface area (Å²) in [6.07, 6.45) is 0. The summed E-state index contributed by atoms with van der Waals surface area (Å²) in [4.78, 5) is 10.6. The second-order valence-corrected chi connectivity index (χ2v) is 3.09. The third-order valence-corrected chi connectivity index (χ3v) is 1.99. The van der Waals surface area contributed by atoms with E-state index in [0.29, 0.717) is 5.69 Å². The van der Waals surface area contributed by atoms with Crippen molar-refractivity contribution in [3.8, 4) is 18.2 Å². The van der Waals surface area contributed by atoms with Crippen LogP contribution in [0.1, 0.15) is 10.4 Å². The molecule has 0 fully saturated rings. The molecule has 0 amide bonds. The predicted molar refractivity (Wildman–Crippen MR) is 60.9 cm³/mol. The minimum Gasteiger partial charge on any atom is -0.478 e. The maximum absolute atomic E-state index is 10.6. The molecule has 0 aliphatic heterocycles. The number of hydrogen-bond acceptors (Lipinski definition) is 5. The highest BCUT2D eigenvalue weighted by atomic mass is 16.4. The highest BCUT2D eigenvalue weighted by molar-refractivity contribution is 5.88. The molecule has 1 aromatic carbocycles. The first-order valence-corrected chi connectivity index (χ1v) is 4.67. The first-order chi connectivity index (χ1) is 8.62. The van der Waals surface area contributed by atoms with E-state index < -0.39 is 5.97 Å². The summed E-state index contributed by atoms with van der Waals surface area (Å²) in [5.74, 6) is -1.06. The lowest BCUT2D eigenvalue weighted by Gasteiger charge is -2.04. The number of carboxylic acids is 1. The summed E-state index contributed by atoms with van der Waals surface area (Å²) in [5, 5.41) is 37.3. The molecule has 1 aromatic rings. The monoisotopic (exact) mass is 238 g/mol. The summed E-state index contributed by atoms with van der Waals surface area (Å²) >= 11 is 0. The molecule has 18 heavy (non-hydrogen) atoms. The fourth-order valence-corrected chi connectivity index (χ4v) is 1.12. The number of carbonyl (C=O) groups is 1. The van der Waals surface area contributed by atoms with Gasteiger partial charge in [0.2, 0.25) is 0 Å². The zero-order valence-electron chi connectivity index (χ0n) is 9.01. The van der Waals surface area contributed by atoms with Crippen LogP contribution in [0.15, 0.2) is 35.5 Å². The van der Waals surface area contributed by atoms with Crippen LogP contribution in [0, 0.1) is 34.0 Å². The van der Waals surface area contributed by atoms with Gasteiger partial charge in [0.05, 0.1) is 5.56 Å². The van der Waals surface area contributed by atoms with E-state index >= 15 is 0 Å². The molecular weight excluding hydrogens is 232 g/mol. The van der Waals surface area contributed by atoms with Gasteiger partial charge in [-0.25, -0.2) is 4.79 Å². The maximum atomic E-state index is 10.6. The average molecular weight is 238 g/mol. The van der Waals surface area contributed by atoms with Crippen molar-refractivity contribution in [2.45, 2.75) is 0 Å². The molecule has 0 aromatic heterocycles. The van der Waals surface area contributed by atoms with E-state index in [1.807, 2.05) is 0 Å². The number of rotatable bonds is 3. The summed E-state index contributed by atoms with van der Waals surface area (Å²) in [5.41, 5.74) is 0.00580. The predicted octanol–water partition coefficient (Wildman–Crippen LogP) is 1.62. The van der Waals surface area contributed by atoms with E-state index in [-0.39, 0.29) is 16.8 Å². The van der Waals surface area contributed by atoms with Crippen molar-refractivity contribution in [1.82, 2.24) is 0 Å². The largest absolute Gasteiger partial charge is 0.478 e. The minimum absolute atomic E-state index is 0.101. The van der Waals surface area contributed by atoms with Crippen molar-refractivity contribution < 1.29 is 9.90 Å². The number of anilines is 1. The Morgan fingerprint density at radius 3 is 2.00 bits per heavy atom. The number of hydrogen-bond donors (Lipinski definition) is 2. The third-order valence-electron chi connectivity index (χ3n) is 1.99. The Bertz CT molecular complexity index is 608. The van der Waals surface area contributed by atoms with Crippen molar-refractivity contribution >= 4 is 11.7 Å². The van der Waals surface area contributed by atoms with E-state index in [1.165, 1.54) is 24.3 Å². The van der Waals surface area contributed by atoms with Crippen LogP contribution in [0.5, 0.6) is 0 Å². The van der Waals surface area contributed by atoms with Crippen molar-refractivity contribution in [3.05, 3.63) is 41.1 Å². The Morgan fingerprint density at radius 2 is 1.61 bits per heavy atom. The van der Waals surface area contributed by atoms with Crippen LogP contribution >= 0.6 is 0 Å². The quantitative estimate of drug-likeness (QED) is 0.771. The second-order valence-electron chi connectivity index (χ2n) is 3.09. The molecule has 0 unspecified atom stereocenters. The number of aromatic carboxylic acids is 1. The molecule has 6 heteroatoms. The van der Waals surface area contributed by atoms with Crippen molar-refractivity contribution in [2.75, 3.05) is 5.32 Å². The molecule has 6 nitrogen and oxygen atoms in total. The van der Waals surface area contributed by atoms with Gasteiger partial charge in [-0.2, -0.15) is 15.8 Å². The van der Waals surface area contributed by atoms with Crippen LogP contribution in [0.25, 0.3) is 0 Å². The molecule has 0 atom stereocenters. The van der Waals surface area contributed by atoms with Crippen molar-refractivity contribution in [3.63, 3.8) is 0 Å². The Hall–Kier alpha value is -3.30. The molecular formula is C12H6N4O2. The van der Waals surface area contributed by atoms with Gasteiger partial charge in [-0.1, -0.05) is 0 Å². The van der Waals surface area contributed by atoms with Gasteiger partial charge in [-0.15, -0.1) is 0 Å². The number of carboxylic acid groups (broad SMARTS) is 1. The van der Waals surface area contributed by atoms with Crippen molar-refractivity contribution in [1.29, 1.82) is 15.8 Å². The number of nitrogens with zero attached hydrogens (tertiary/aromatic N) is 3. The zero-order chi connectivity index (χ0) is 13.5. The molecule has 0 aliphatic carbocycles. The summed E-state index contributed by atoms with van der Waals surface area (Å²) < 4.78 is 0. The van der Waals surface area contributed by atoms with Crippen molar-refractivity contribution in [2.24, 2.45) is 0 Å². The van der Waals surface area contributed by atoms with E-state index in [4.69, 9.17) is 20.9 Å². The summed E-state index contributed by atoms with van der Waals surface area (Å²) in [6, 6.07) is 10.4. The summed E-state index contributed by atoms with van der Waals surface area (Å²) in [6.45, 7) is 0. The number of allylic oxidation sites excluding steroid dienone is 2. The lowest BCUT2D eigenvalue weighted by atomic mass is 10.2. The van der Waals surface area contributed by atoms with Crippen LogP contribution in [0.4, 0.5) is 5.69 Å². The standard InChI is InChI=1S/C12H6N4O2/c13-5-9(6-14)11(7-15)16-10-3-1-8(2-4-10)12(17)18/h1-4,16H,(H,17,18). The molecule has 86 valence electrons. The minimum atomic E-state index is -1.06. The van der Waals surface area contributed by atoms with Gasteiger partial charge < -0.3 is 10.4 Å². The molecule has 1 rings (SSSR count). The van der Waals surface area contributed by atoms with Gasteiger partial charge in [0, 0.05) is 5.69 Å². The Labute approximate surface area is 103 Å². The molecule has 2 N–H and O–H groups in total. The third kappa shape index (κ3) is 2.85. The molecule has 0 saturated carbocycles. The number of nitriles is 3. The number of nitrogens with one attached hydrogen (secondary N) is 1. The maximum Gasteiger partial charge on any atom is 0.335 e. The van der Waals surface area contributed by atoms with E-state index in [0.717, 1.165) is 0 Å². The fourth-order valence-electron chi connectivity index (χ4n) is 1.12. The topological polar surface area (TPSA) is 121 Å². The van der Waals surface area contributed by atoms with Crippen LogP contribution in [-0.4, -0.2) is 11.1 Å². The lowest BCUT2D eigenvalue weighted by Crippen LogP contribution is -2.01. The van der Waals surface area contributed by atoms with E-state index in [1.54, 1.807) is 18.2 Å². The van der Waals surface area contributed by atoms with E-state index in [9.17, 15) is 4.79 Å². The van der Waals surface area contributed by atoms with Gasteiger partial charge in [-0.05, 0) is 24.3 Å². The number of benzene rings is 1. The Morgan fingerprint density at radius 1 is 1.06 bits per heavy atom. The Balaban J connectivity index is 3.03. The molecule has 0 saturated heterocycles. The van der Waals surface area contributed by atoms with Crippen LogP contribution < -0.4 is 5.32 Å². The lowest BCUT2D eigenvalue weighted by molar-refractivity contribution is 0.0697. The van der Waals surface area contributed by atoms with Gasteiger partial charge in [-0.3, -0.25) is 0 Å². The van der Waals surface area contributed by atoms with Gasteiger partial charge in [0.1, 0.15) is 23.9 Å². The molecule has 0 spiro atoms. The smallest absolute Gasteiger partial charge is 0.335 e. The molecule has 0 aliphatic rings. The SMILES string of the molecule is N#CC(C#N)=C(C#N)Nc1ccc(C(=O)O)cc1. The van der Waals surface area contributed by atoms with Crippen LogP contribution in [-0.2, 0) is 0 Å². The molecule has 0 heterocycles. The fraction of sp³-hybridized carbons (Fsp3) is 0. The van der Waals surface area contributed by atoms with Crippen LogP contribution in [0.2, 0.25) is 0 Å². The van der Waals surface area contributed by atoms with Gasteiger partial charge in [0.25, 0.3) is 0 Å². The average Bonchev–Trinajstić information content (AvgIpc) is 2.39. The van der Waals surface area contributed by atoms with Gasteiger partial charge in [0.15, 0.2) is 5.57 Å². The van der Waals surface area contributed by atoms with E-state index in [2.05, 4.69) is 5.32 Å². The zero-order valence-corrected chi connectivity index (χ0v) is 9.01. The second kappa shape index (κ2) is 5.69. The first kappa shape index (κ1) is 12.8. The highest BCUT2D eigenvalue weighted by Gasteiger charge is 2.07. The summed E-state index contributed by atoms with van der Waals surface area (Å²) in [7, 11) is 0. The normalized spacial score (nSPS) is 8.28. The van der Waals surface area contributed by atoms with Crippen LogP contribution in [0.3, 0.4) is 0 Å². The first-order valence-electron chi connectivity index (χ1n) is 4.67. The Kier molecular flexibility index (Phi) is 4.04. The molecule has 0 radical (unpaired) electrons. The van der Waals surface area contributed by atoms with Gasteiger partial charge >= 0.3 is 5.97 Å². The highest BCUT2D eigenvalue weighted by Crippen LogP contribution is 2.13. The molecule has 0 bridgehead atoms.